The third-order valence-electron chi connectivity index (χ3n) is 6.97. The van der Waals surface area contributed by atoms with Crippen LogP contribution < -0.4 is 19.3 Å². The number of benzene rings is 3. The molecule has 210 valence electrons. The van der Waals surface area contributed by atoms with E-state index in [4.69, 9.17) is 9.47 Å². The minimum atomic E-state index is 0.153. The van der Waals surface area contributed by atoms with Gasteiger partial charge in [0, 0.05) is 18.8 Å². The number of rotatable bonds is 12. The number of nitrogens with zero attached hydrogens (tertiary/aromatic N) is 2. The Labute approximate surface area is 234 Å². The quantitative estimate of drug-likeness (QED) is 0.231. The smallest absolute Gasteiger partial charge is 0.220 e. The summed E-state index contributed by atoms with van der Waals surface area (Å²) in [5.74, 6) is 1.65. The summed E-state index contributed by atoms with van der Waals surface area (Å²) in [6.07, 6.45) is 2.97. The van der Waals surface area contributed by atoms with Crippen molar-refractivity contribution in [2.75, 3.05) is 23.5 Å². The molecule has 3 rings (SSSR count). The van der Waals surface area contributed by atoms with E-state index in [1.54, 1.807) is 12.1 Å². The summed E-state index contributed by atoms with van der Waals surface area (Å²) in [6, 6.07) is 20.4. The van der Waals surface area contributed by atoms with Crippen LogP contribution in [0.4, 0.5) is 11.4 Å². The first-order valence-corrected chi connectivity index (χ1v) is 13.6. The second kappa shape index (κ2) is 15.6. The Hall–Kier alpha value is -3.80. The van der Waals surface area contributed by atoms with Gasteiger partial charge in [0.1, 0.15) is 18.1 Å². The zero-order chi connectivity index (χ0) is 28.9. The number of aryl methyl sites for hydroxylation is 4. The van der Waals surface area contributed by atoms with Gasteiger partial charge in [-0.25, -0.2) is 0 Å². The largest absolute Gasteiger partial charge is 0.491 e. The number of carbonyl (C=O) groups is 2. The van der Waals surface area contributed by atoms with Gasteiger partial charge in [0.25, 0.3) is 0 Å². The molecule has 0 aromatic heterocycles. The molecule has 0 spiro atoms. The Balaban J connectivity index is 0.000000277. The fourth-order valence-corrected chi connectivity index (χ4v) is 3.82. The summed E-state index contributed by atoms with van der Waals surface area (Å²) in [4.78, 5) is 24.7. The molecule has 0 radical (unpaired) electrons. The molecule has 2 amide bonds. The molecule has 0 saturated carbocycles. The van der Waals surface area contributed by atoms with Crippen molar-refractivity contribution in [3.63, 3.8) is 0 Å². The van der Waals surface area contributed by atoms with E-state index in [2.05, 4.69) is 83.8 Å². The number of imide groups is 1. The normalized spacial score (nSPS) is 11.2. The van der Waals surface area contributed by atoms with Crippen molar-refractivity contribution in [3.05, 3.63) is 82.9 Å². The van der Waals surface area contributed by atoms with Gasteiger partial charge in [-0.3, -0.25) is 14.5 Å². The van der Waals surface area contributed by atoms with Crippen LogP contribution in [-0.4, -0.2) is 38.6 Å². The Bertz CT molecular complexity index is 1180. The van der Waals surface area contributed by atoms with Gasteiger partial charge in [0.05, 0.1) is 17.8 Å². The summed E-state index contributed by atoms with van der Waals surface area (Å²) in [5.41, 5.74) is 6.65. The maximum atomic E-state index is 10.7. The van der Waals surface area contributed by atoms with Gasteiger partial charge in [-0.2, -0.15) is 0 Å². The molecule has 6 heteroatoms. The van der Waals surface area contributed by atoms with E-state index in [1.807, 2.05) is 25.1 Å². The van der Waals surface area contributed by atoms with Gasteiger partial charge in [-0.15, -0.1) is 0 Å². The highest BCUT2D eigenvalue weighted by molar-refractivity contribution is 5.95. The number of ether oxygens (including phenoxy) is 2. The van der Waals surface area contributed by atoms with Crippen LogP contribution in [0.2, 0.25) is 0 Å². The molecular formula is C33H44N2O4. The van der Waals surface area contributed by atoms with E-state index in [1.165, 1.54) is 22.4 Å². The number of anilines is 2. The molecule has 0 heterocycles. The van der Waals surface area contributed by atoms with Crippen LogP contribution in [0.25, 0.3) is 0 Å². The minimum Gasteiger partial charge on any atom is -0.491 e. The van der Waals surface area contributed by atoms with Crippen LogP contribution >= 0.6 is 0 Å². The summed E-state index contributed by atoms with van der Waals surface area (Å²) in [5, 5.41) is 0. The van der Waals surface area contributed by atoms with Gasteiger partial charge in [-0.05, 0) is 94.5 Å². The molecule has 0 aliphatic rings. The predicted octanol–water partition coefficient (Wildman–Crippen LogP) is 7.20. The standard InChI is InChI=1S/C19H25NO.C14H19NO3/c1-14-6-10-19(11-7-14)21-13-17(4)20(5)18-9-8-15(2)16(3)12-18;1-4-13(5-2)18-14-8-12(7-6-11(14)3)15(9-16)10-17/h6-12,17H,13H2,1-5H3;6-10,13H,4-5H2,1-3H3. The van der Waals surface area contributed by atoms with Crippen LogP contribution in [0, 0.1) is 27.7 Å². The van der Waals surface area contributed by atoms with Crippen LogP contribution in [0.3, 0.4) is 0 Å². The molecular weight excluding hydrogens is 488 g/mol. The molecule has 6 nitrogen and oxygen atoms in total. The summed E-state index contributed by atoms with van der Waals surface area (Å²) >= 11 is 0. The second-order valence-corrected chi connectivity index (χ2v) is 9.98. The lowest BCUT2D eigenvalue weighted by Crippen LogP contribution is -2.34. The highest BCUT2D eigenvalue weighted by atomic mass is 16.5. The first kappa shape index (κ1) is 31.4. The first-order valence-electron chi connectivity index (χ1n) is 13.6. The average molecular weight is 533 g/mol. The molecule has 0 fully saturated rings. The monoisotopic (exact) mass is 532 g/mol. The van der Waals surface area contributed by atoms with Gasteiger partial charge in [0.15, 0.2) is 0 Å². The number of hydrogen-bond donors (Lipinski definition) is 0. The van der Waals surface area contributed by atoms with E-state index in [-0.39, 0.29) is 6.10 Å². The van der Waals surface area contributed by atoms with Gasteiger partial charge in [-0.1, -0.05) is 43.7 Å². The fraction of sp³-hybridized carbons (Fsp3) is 0.394. The second-order valence-electron chi connectivity index (χ2n) is 9.98. The number of carbonyl (C=O) groups excluding carboxylic acids is 2. The zero-order valence-electron chi connectivity index (χ0n) is 24.7. The third kappa shape index (κ3) is 9.47. The van der Waals surface area contributed by atoms with Crippen LogP contribution in [-0.2, 0) is 9.59 Å². The van der Waals surface area contributed by atoms with Crippen molar-refractivity contribution in [2.24, 2.45) is 0 Å². The van der Waals surface area contributed by atoms with E-state index in [9.17, 15) is 9.59 Å². The van der Waals surface area contributed by atoms with E-state index >= 15 is 0 Å². The van der Waals surface area contributed by atoms with Gasteiger partial charge >= 0.3 is 0 Å². The van der Waals surface area contributed by atoms with Crippen molar-refractivity contribution in [1.29, 1.82) is 0 Å². The lowest BCUT2D eigenvalue weighted by Gasteiger charge is -2.27. The molecule has 0 saturated heterocycles. The van der Waals surface area contributed by atoms with Crippen LogP contribution in [0.5, 0.6) is 11.5 Å². The molecule has 1 unspecified atom stereocenters. The van der Waals surface area contributed by atoms with Crippen molar-refractivity contribution >= 4 is 24.2 Å². The lowest BCUT2D eigenvalue weighted by molar-refractivity contribution is -0.113. The molecule has 39 heavy (non-hydrogen) atoms. The molecule has 0 aliphatic carbocycles. The molecule has 0 N–H and O–H groups in total. The molecule has 3 aromatic carbocycles. The Morgan fingerprint density at radius 2 is 1.36 bits per heavy atom. The number of likely N-dealkylation sites (N-methyl/N-ethyl adjacent to an activating group) is 1. The predicted molar refractivity (Wildman–Crippen MR) is 161 cm³/mol. The van der Waals surface area contributed by atoms with Crippen LogP contribution in [0.1, 0.15) is 55.9 Å². The summed E-state index contributed by atoms with van der Waals surface area (Å²) in [7, 11) is 2.12. The van der Waals surface area contributed by atoms with E-state index < -0.39 is 0 Å². The third-order valence-corrected chi connectivity index (χ3v) is 6.97. The van der Waals surface area contributed by atoms with Crippen molar-refractivity contribution in [3.8, 4) is 11.5 Å². The maximum absolute atomic E-state index is 10.7. The maximum Gasteiger partial charge on any atom is 0.220 e. The van der Waals surface area contributed by atoms with Crippen LogP contribution in [0.15, 0.2) is 60.7 Å². The highest BCUT2D eigenvalue weighted by Gasteiger charge is 2.12. The Morgan fingerprint density at radius 3 is 1.92 bits per heavy atom. The molecule has 0 bridgehead atoms. The highest BCUT2D eigenvalue weighted by Crippen LogP contribution is 2.26. The van der Waals surface area contributed by atoms with E-state index in [0.29, 0.717) is 31.2 Å². The summed E-state index contributed by atoms with van der Waals surface area (Å²) in [6.45, 7) is 15.3. The zero-order valence-corrected chi connectivity index (χ0v) is 24.7. The molecule has 3 aromatic rings. The average Bonchev–Trinajstić information content (AvgIpc) is 2.94. The van der Waals surface area contributed by atoms with E-state index in [0.717, 1.165) is 34.8 Å². The first-order chi connectivity index (χ1) is 18.6. The number of hydrogen-bond acceptors (Lipinski definition) is 5. The van der Waals surface area contributed by atoms with Crippen molar-refractivity contribution in [1.82, 2.24) is 0 Å². The summed E-state index contributed by atoms with van der Waals surface area (Å²) < 4.78 is 11.7. The van der Waals surface area contributed by atoms with Gasteiger partial charge < -0.3 is 14.4 Å². The topological polar surface area (TPSA) is 59.1 Å². The minimum absolute atomic E-state index is 0.153. The fourth-order valence-electron chi connectivity index (χ4n) is 3.82. The number of amides is 2. The van der Waals surface area contributed by atoms with Crippen molar-refractivity contribution < 1.29 is 19.1 Å². The molecule has 0 aliphatic heterocycles. The van der Waals surface area contributed by atoms with Crippen molar-refractivity contribution in [2.45, 2.75) is 73.5 Å². The SMILES string of the molecule is CCC(CC)Oc1cc(N(C=O)C=O)ccc1C.Cc1ccc(OCC(C)N(C)c2ccc(C)c(C)c2)cc1. The Morgan fingerprint density at radius 1 is 0.769 bits per heavy atom. The van der Waals surface area contributed by atoms with Gasteiger partial charge in [0.2, 0.25) is 12.8 Å². The lowest BCUT2D eigenvalue weighted by atomic mass is 10.1. The molecule has 1 atom stereocenters. The Kier molecular flexibility index (Phi) is 12.5.